The summed E-state index contributed by atoms with van der Waals surface area (Å²) in [7, 11) is 1.38. The number of hydrogen-bond acceptors (Lipinski definition) is 5. The second-order valence-electron chi connectivity index (χ2n) is 5.02. The summed E-state index contributed by atoms with van der Waals surface area (Å²) in [5.74, 6) is 1.13. The molecule has 0 amide bonds. The molecule has 0 spiro atoms. The van der Waals surface area contributed by atoms with Crippen molar-refractivity contribution in [1.29, 1.82) is 0 Å². The monoisotopic (exact) mass is 289 g/mol. The SMILES string of the molecule is COC(=O)c1c(C)cc(OCc2c(C)noc2C)cc1C. The summed E-state index contributed by atoms with van der Waals surface area (Å²) >= 11 is 0. The molecule has 1 aromatic heterocycles. The molecule has 0 radical (unpaired) electrons. The molecule has 1 aromatic carbocycles. The van der Waals surface area contributed by atoms with Crippen LogP contribution in [-0.4, -0.2) is 18.2 Å². The van der Waals surface area contributed by atoms with Gasteiger partial charge in [-0.3, -0.25) is 0 Å². The van der Waals surface area contributed by atoms with Crippen LogP contribution < -0.4 is 4.74 Å². The number of benzene rings is 1. The van der Waals surface area contributed by atoms with Gasteiger partial charge in [0.05, 0.1) is 23.9 Å². The van der Waals surface area contributed by atoms with Crippen LogP contribution in [0.15, 0.2) is 16.7 Å². The summed E-state index contributed by atoms with van der Waals surface area (Å²) in [4.78, 5) is 11.7. The van der Waals surface area contributed by atoms with Crippen LogP contribution in [0.3, 0.4) is 0 Å². The van der Waals surface area contributed by atoms with Crippen LogP contribution >= 0.6 is 0 Å². The molecule has 112 valence electrons. The van der Waals surface area contributed by atoms with E-state index in [1.54, 1.807) is 0 Å². The summed E-state index contributed by atoms with van der Waals surface area (Å²) in [6.07, 6.45) is 0. The molecule has 21 heavy (non-hydrogen) atoms. The molecule has 2 rings (SSSR count). The lowest BCUT2D eigenvalue weighted by molar-refractivity contribution is 0.0599. The predicted octanol–water partition coefficient (Wildman–Crippen LogP) is 3.27. The van der Waals surface area contributed by atoms with Crippen molar-refractivity contribution in [3.8, 4) is 5.75 Å². The first-order valence-corrected chi connectivity index (χ1v) is 6.68. The fourth-order valence-corrected chi connectivity index (χ4v) is 2.29. The Kier molecular flexibility index (Phi) is 4.31. The zero-order chi connectivity index (χ0) is 15.6. The van der Waals surface area contributed by atoms with Crippen LogP contribution in [0.1, 0.15) is 38.5 Å². The molecule has 0 aliphatic heterocycles. The van der Waals surface area contributed by atoms with Crippen LogP contribution in [-0.2, 0) is 11.3 Å². The molecule has 0 fully saturated rings. The van der Waals surface area contributed by atoms with Gasteiger partial charge in [-0.15, -0.1) is 0 Å². The fourth-order valence-electron chi connectivity index (χ4n) is 2.29. The summed E-state index contributed by atoms with van der Waals surface area (Å²) in [5.41, 5.74) is 4.02. The zero-order valence-corrected chi connectivity index (χ0v) is 12.9. The molecule has 0 atom stereocenters. The summed E-state index contributed by atoms with van der Waals surface area (Å²) in [6, 6.07) is 3.66. The van der Waals surface area contributed by atoms with E-state index in [2.05, 4.69) is 5.16 Å². The minimum Gasteiger partial charge on any atom is -0.489 e. The molecule has 0 N–H and O–H groups in total. The van der Waals surface area contributed by atoms with Crippen LogP contribution in [0.25, 0.3) is 0 Å². The van der Waals surface area contributed by atoms with Gasteiger partial charge in [0.25, 0.3) is 0 Å². The number of hydrogen-bond donors (Lipinski definition) is 0. The molecule has 0 aliphatic carbocycles. The van der Waals surface area contributed by atoms with Crippen molar-refractivity contribution < 1.29 is 18.8 Å². The average molecular weight is 289 g/mol. The van der Waals surface area contributed by atoms with Crippen LogP contribution in [0.4, 0.5) is 0 Å². The Labute approximate surface area is 123 Å². The maximum Gasteiger partial charge on any atom is 0.338 e. The third-order valence-corrected chi connectivity index (χ3v) is 3.46. The first-order chi connectivity index (χ1) is 9.93. The van der Waals surface area contributed by atoms with Crippen LogP contribution in [0, 0.1) is 27.7 Å². The van der Waals surface area contributed by atoms with E-state index in [0.29, 0.717) is 17.9 Å². The molecule has 0 aliphatic rings. The molecule has 0 saturated carbocycles. The number of aromatic nitrogens is 1. The topological polar surface area (TPSA) is 61.6 Å². The number of nitrogens with zero attached hydrogens (tertiary/aromatic N) is 1. The number of carbonyl (C=O) groups is 1. The minimum atomic E-state index is -0.331. The van der Waals surface area contributed by atoms with Crippen molar-refractivity contribution in [2.75, 3.05) is 7.11 Å². The average Bonchev–Trinajstić information content (AvgIpc) is 2.74. The highest BCUT2D eigenvalue weighted by Crippen LogP contribution is 2.24. The van der Waals surface area contributed by atoms with Crippen molar-refractivity contribution in [2.45, 2.75) is 34.3 Å². The quantitative estimate of drug-likeness (QED) is 0.808. The molecule has 2 aromatic rings. The van der Waals surface area contributed by atoms with Gasteiger partial charge in [-0.1, -0.05) is 5.16 Å². The van der Waals surface area contributed by atoms with E-state index in [0.717, 1.165) is 28.1 Å². The van der Waals surface area contributed by atoms with Crippen molar-refractivity contribution >= 4 is 5.97 Å². The second kappa shape index (κ2) is 5.99. The molecule has 0 unspecified atom stereocenters. The van der Waals surface area contributed by atoms with Gasteiger partial charge in [0, 0.05) is 0 Å². The summed E-state index contributed by atoms with van der Waals surface area (Å²) in [6.45, 7) is 7.85. The smallest absolute Gasteiger partial charge is 0.338 e. The number of rotatable bonds is 4. The maximum atomic E-state index is 11.7. The Morgan fingerprint density at radius 1 is 1.19 bits per heavy atom. The number of aryl methyl sites for hydroxylation is 4. The van der Waals surface area contributed by atoms with E-state index < -0.39 is 0 Å². The van der Waals surface area contributed by atoms with Gasteiger partial charge in [-0.05, 0) is 51.0 Å². The molecule has 0 saturated heterocycles. The van der Waals surface area contributed by atoms with Crippen molar-refractivity contribution in [2.24, 2.45) is 0 Å². The lowest BCUT2D eigenvalue weighted by atomic mass is 10.0. The van der Waals surface area contributed by atoms with Gasteiger partial charge in [-0.2, -0.15) is 0 Å². The van der Waals surface area contributed by atoms with E-state index in [9.17, 15) is 4.79 Å². The highest BCUT2D eigenvalue weighted by Gasteiger charge is 2.15. The van der Waals surface area contributed by atoms with Gasteiger partial charge >= 0.3 is 5.97 Å². The van der Waals surface area contributed by atoms with E-state index in [1.165, 1.54) is 7.11 Å². The van der Waals surface area contributed by atoms with Gasteiger partial charge in [0.2, 0.25) is 0 Å². The second-order valence-corrected chi connectivity index (χ2v) is 5.02. The first kappa shape index (κ1) is 15.1. The number of ether oxygens (including phenoxy) is 2. The normalized spacial score (nSPS) is 10.5. The number of methoxy groups -OCH3 is 1. The lowest BCUT2D eigenvalue weighted by Gasteiger charge is -2.12. The molecule has 0 bridgehead atoms. The molecular weight excluding hydrogens is 270 g/mol. The van der Waals surface area contributed by atoms with E-state index in [4.69, 9.17) is 14.0 Å². The Morgan fingerprint density at radius 3 is 2.29 bits per heavy atom. The van der Waals surface area contributed by atoms with Gasteiger partial charge in [-0.25, -0.2) is 4.79 Å². The summed E-state index contributed by atoms with van der Waals surface area (Å²) < 4.78 is 15.7. The lowest BCUT2D eigenvalue weighted by Crippen LogP contribution is -2.07. The van der Waals surface area contributed by atoms with Gasteiger partial charge in [0.15, 0.2) is 0 Å². The Hall–Kier alpha value is -2.30. The van der Waals surface area contributed by atoms with Crippen molar-refractivity contribution in [3.63, 3.8) is 0 Å². The predicted molar refractivity (Wildman–Crippen MR) is 77.6 cm³/mol. The highest BCUT2D eigenvalue weighted by molar-refractivity contribution is 5.92. The van der Waals surface area contributed by atoms with E-state index >= 15 is 0 Å². The van der Waals surface area contributed by atoms with Gasteiger partial charge < -0.3 is 14.0 Å². The maximum absolute atomic E-state index is 11.7. The number of esters is 1. The zero-order valence-electron chi connectivity index (χ0n) is 12.9. The first-order valence-electron chi connectivity index (χ1n) is 6.68. The van der Waals surface area contributed by atoms with Crippen LogP contribution in [0.5, 0.6) is 5.75 Å². The molecule has 1 heterocycles. The molecule has 5 heteroatoms. The highest BCUT2D eigenvalue weighted by atomic mass is 16.5. The molecule has 5 nitrogen and oxygen atoms in total. The van der Waals surface area contributed by atoms with E-state index in [-0.39, 0.29) is 5.97 Å². The molecular formula is C16H19NO4. The number of carbonyl (C=O) groups excluding carboxylic acids is 1. The standard InChI is InChI=1S/C16H19NO4/c1-9-6-13(7-10(2)15(9)16(18)19-5)20-8-14-11(3)17-21-12(14)4/h6-7H,8H2,1-5H3. The van der Waals surface area contributed by atoms with Gasteiger partial charge in [0.1, 0.15) is 18.1 Å². The van der Waals surface area contributed by atoms with Crippen molar-refractivity contribution in [1.82, 2.24) is 5.16 Å². The van der Waals surface area contributed by atoms with Crippen LogP contribution in [0.2, 0.25) is 0 Å². The largest absolute Gasteiger partial charge is 0.489 e. The van der Waals surface area contributed by atoms with Crippen molar-refractivity contribution in [3.05, 3.63) is 45.8 Å². The fraction of sp³-hybridized carbons (Fsp3) is 0.375. The Balaban J connectivity index is 2.21. The Bertz CT molecular complexity index is 630. The Morgan fingerprint density at radius 2 is 1.81 bits per heavy atom. The minimum absolute atomic E-state index is 0.331. The third kappa shape index (κ3) is 3.07. The van der Waals surface area contributed by atoms with E-state index in [1.807, 2.05) is 39.8 Å². The summed E-state index contributed by atoms with van der Waals surface area (Å²) in [5, 5.41) is 3.90. The third-order valence-electron chi connectivity index (χ3n) is 3.46.